The van der Waals surface area contributed by atoms with E-state index in [-0.39, 0.29) is 0 Å². The minimum atomic E-state index is -0.760. The molecule has 1 aliphatic carbocycles. The molecule has 0 bridgehead atoms. The second-order valence-corrected chi connectivity index (χ2v) is 6.31. The Morgan fingerprint density at radius 1 is 1.61 bits per heavy atom. The molecular weight excluding hydrogens is 268 g/mol. The van der Waals surface area contributed by atoms with E-state index in [4.69, 9.17) is 5.11 Å². The molecule has 0 saturated carbocycles. The van der Waals surface area contributed by atoms with Crippen molar-refractivity contribution >= 4 is 33.8 Å². The van der Waals surface area contributed by atoms with Gasteiger partial charge in [-0.2, -0.15) is 0 Å². The van der Waals surface area contributed by atoms with Crippen LogP contribution < -0.4 is 5.32 Å². The number of anilines is 1. The molecule has 0 aliphatic heterocycles. The number of fused-ring (bicyclic) bond motifs is 1. The predicted octanol–water partition coefficient (Wildman–Crippen LogP) is 2.93. The first kappa shape index (κ1) is 11.7. The van der Waals surface area contributed by atoms with Crippen LogP contribution in [0.2, 0.25) is 0 Å². The number of carbonyl (C=O) groups is 1. The Labute approximate surface area is 112 Å². The maximum absolute atomic E-state index is 11.1. The summed E-state index contributed by atoms with van der Waals surface area (Å²) in [6, 6.07) is 4.09. The van der Waals surface area contributed by atoms with Gasteiger partial charge in [0.05, 0.1) is 12.2 Å². The molecule has 0 amide bonds. The third kappa shape index (κ3) is 2.13. The summed E-state index contributed by atoms with van der Waals surface area (Å²) in [5, 5.41) is 15.2. The van der Waals surface area contributed by atoms with E-state index in [2.05, 4.69) is 16.4 Å². The zero-order chi connectivity index (χ0) is 12.5. The standard InChI is InChI=1S/C12H12N2O2S2/c15-11(16)8-3-4-9-10(8)14-12(18-9)13-6-7-2-1-5-17-7/h1-2,5,8H,3-4,6H2,(H,13,14)(H,15,16). The van der Waals surface area contributed by atoms with Crippen molar-refractivity contribution in [2.24, 2.45) is 0 Å². The van der Waals surface area contributed by atoms with Crippen LogP contribution in [0.15, 0.2) is 17.5 Å². The number of aliphatic carboxylic acids is 1. The van der Waals surface area contributed by atoms with Crippen molar-refractivity contribution in [1.29, 1.82) is 0 Å². The molecule has 1 aliphatic rings. The van der Waals surface area contributed by atoms with Crippen LogP contribution in [0.25, 0.3) is 0 Å². The molecule has 1 atom stereocenters. The van der Waals surface area contributed by atoms with Crippen LogP contribution in [0.3, 0.4) is 0 Å². The molecule has 1 unspecified atom stereocenters. The fraction of sp³-hybridized carbons (Fsp3) is 0.333. The molecule has 3 rings (SSSR count). The highest BCUT2D eigenvalue weighted by Gasteiger charge is 2.32. The lowest BCUT2D eigenvalue weighted by atomic mass is 10.1. The fourth-order valence-electron chi connectivity index (χ4n) is 2.12. The molecule has 0 saturated heterocycles. The number of thiophene rings is 1. The van der Waals surface area contributed by atoms with Crippen LogP contribution in [-0.2, 0) is 17.8 Å². The third-order valence-electron chi connectivity index (χ3n) is 3.01. The molecule has 94 valence electrons. The van der Waals surface area contributed by atoms with E-state index < -0.39 is 11.9 Å². The Kier molecular flexibility index (Phi) is 3.05. The van der Waals surface area contributed by atoms with Crippen LogP contribution in [0, 0.1) is 0 Å². The van der Waals surface area contributed by atoms with Gasteiger partial charge in [0.15, 0.2) is 5.13 Å². The van der Waals surface area contributed by atoms with E-state index in [1.165, 1.54) is 4.88 Å². The molecule has 2 heterocycles. The zero-order valence-corrected chi connectivity index (χ0v) is 11.2. The van der Waals surface area contributed by atoms with Crippen LogP contribution in [-0.4, -0.2) is 16.1 Å². The van der Waals surface area contributed by atoms with E-state index in [0.717, 1.165) is 28.7 Å². The van der Waals surface area contributed by atoms with Crippen LogP contribution in [0.5, 0.6) is 0 Å². The van der Waals surface area contributed by atoms with Gasteiger partial charge in [-0.25, -0.2) is 4.98 Å². The van der Waals surface area contributed by atoms with Crippen molar-refractivity contribution in [3.05, 3.63) is 33.0 Å². The van der Waals surface area contributed by atoms with Gasteiger partial charge in [-0.05, 0) is 24.3 Å². The van der Waals surface area contributed by atoms with E-state index in [0.29, 0.717) is 6.42 Å². The first-order valence-electron chi connectivity index (χ1n) is 5.72. The summed E-state index contributed by atoms with van der Waals surface area (Å²) in [6.07, 6.45) is 1.53. The van der Waals surface area contributed by atoms with Gasteiger partial charge in [-0.1, -0.05) is 6.07 Å². The number of aromatic nitrogens is 1. The van der Waals surface area contributed by atoms with Gasteiger partial charge in [-0.3, -0.25) is 4.79 Å². The van der Waals surface area contributed by atoms with Crippen molar-refractivity contribution in [3.8, 4) is 0 Å². The Morgan fingerprint density at radius 3 is 3.22 bits per heavy atom. The van der Waals surface area contributed by atoms with Gasteiger partial charge in [0.1, 0.15) is 5.92 Å². The van der Waals surface area contributed by atoms with Crippen LogP contribution in [0.4, 0.5) is 5.13 Å². The summed E-state index contributed by atoms with van der Waals surface area (Å²) in [4.78, 5) is 17.9. The SMILES string of the molecule is O=C(O)C1CCc2sc(NCc3cccs3)nc21. The molecule has 0 radical (unpaired) electrons. The normalized spacial score (nSPS) is 17.7. The summed E-state index contributed by atoms with van der Waals surface area (Å²) in [7, 11) is 0. The van der Waals surface area contributed by atoms with Gasteiger partial charge in [0.25, 0.3) is 0 Å². The predicted molar refractivity (Wildman–Crippen MR) is 72.5 cm³/mol. The Morgan fingerprint density at radius 2 is 2.50 bits per heavy atom. The van der Waals surface area contributed by atoms with E-state index in [1.54, 1.807) is 22.7 Å². The van der Waals surface area contributed by atoms with Gasteiger partial charge >= 0.3 is 5.97 Å². The summed E-state index contributed by atoms with van der Waals surface area (Å²) in [5.41, 5.74) is 0.765. The Hall–Kier alpha value is -1.40. The van der Waals surface area contributed by atoms with E-state index in [1.807, 2.05) is 11.4 Å². The lowest BCUT2D eigenvalue weighted by molar-refractivity contribution is -0.138. The number of carboxylic acids is 1. The molecule has 2 aromatic rings. The molecule has 18 heavy (non-hydrogen) atoms. The summed E-state index contributed by atoms with van der Waals surface area (Å²) >= 11 is 3.28. The smallest absolute Gasteiger partial charge is 0.312 e. The molecule has 6 heteroatoms. The average molecular weight is 280 g/mol. The average Bonchev–Trinajstić information content (AvgIpc) is 3.02. The number of rotatable bonds is 4. The van der Waals surface area contributed by atoms with E-state index in [9.17, 15) is 4.79 Å². The Balaban J connectivity index is 1.72. The minimum Gasteiger partial charge on any atom is -0.481 e. The van der Waals surface area contributed by atoms with Crippen molar-refractivity contribution < 1.29 is 9.90 Å². The molecular formula is C12H12N2O2S2. The quantitative estimate of drug-likeness (QED) is 0.904. The number of aryl methyl sites for hydroxylation is 1. The molecule has 4 nitrogen and oxygen atoms in total. The molecule has 0 spiro atoms. The van der Waals surface area contributed by atoms with Gasteiger partial charge in [0.2, 0.25) is 0 Å². The number of nitrogens with one attached hydrogen (secondary N) is 1. The Bertz CT molecular complexity index is 563. The number of hydrogen-bond acceptors (Lipinski definition) is 5. The topological polar surface area (TPSA) is 62.2 Å². The van der Waals surface area contributed by atoms with Crippen LogP contribution >= 0.6 is 22.7 Å². The maximum Gasteiger partial charge on any atom is 0.312 e. The summed E-state index contributed by atoms with van der Waals surface area (Å²) in [6.45, 7) is 0.752. The first-order valence-corrected chi connectivity index (χ1v) is 7.42. The zero-order valence-electron chi connectivity index (χ0n) is 9.55. The largest absolute Gasteiger partial charge is 0.481 e. The number of carboxylic acid groups (broad SMARTS) is 1. The summed E-state index contributed by atoms with van der Waals surface area (Å²) in [5.74, 6) is -1.17. The van der Waals surface area contributed by atoms with Crippen molar-refractivity contribution in [2.45, 2.75) is 25.3 Å². The highest BCUT2D eigenvalue weighted by atomic mass is 32.1. The second-order valence-electron chi connectivity index (χ2n) is 4.19. The molecule has 0 aromatic carbocycles. The van der Waals surface area contributed by atoms with Crippen molar-refractivity contribution in [2.75, 3.05) is 5.32 Å². The molecule has 0 fully saturated rings. The lowest BCUT2D eigenvalue weighted by Crippen LogP contribution is -2.08. The highest BCUT2D eigenvalue weighted by Crippen LogP contribution is 2.38. The van der Waals surface area contributed by atoms with Crippen molar-refractivity contribution in [3.63, 3.8) is 0 Å². The highest BCUT2D eigenvalue weighted by molar-refractivity contribution is 7.15. The monoisotopic (exact) mass is 280 g/mol. The fourth-order valence-corrected chi connectivity index (χ4v) is 3.80. The van der Waals surface area contributed by atoms with Crippen molar-refractivity contribution in [1.82, 2.24) is 4.98 Å². The minimum absolute atomic E-state index is 0.409. The number of nitrogens with zero attached hydrogens (tertiary/aromatic N) is 1. The van der Waals surface area contributed by atoms with Gasteiger partial charge < -0.3 is 10.4 Å². The van der Waals surface area contributed by atoms with Gasteiger partial charge in [0, 0.05) is 9.75 Å². The molecule has 2 aromatic heterocycles. The maximum atomic E-state index is 11.1. The summed E-state index contributed by atoms with van der Waals surface area (Å²) < 4.78 is 0. The molecule has 2 N–H and O–H groups in total. The number of thiazole rings is 1. The van der Waals surface area contributed by atoms with E-state index >= 15 is 0 Å². The van der Waals surface area contributed by atoms with Gasteiger partial charge in [-0.15, -0.1) is 22.7 Å². The van der Waals surface area contributed by atoms with Crippen LogP contribution in [0.1, 0.15) is 27.8 Å². The lowest BCUT2D eigenvalue weighted by Gasteiger charge is -2.02. The number of hydrogen-bond donors (Lipinski definition) is 2. The third-order valence-corrected chi connectivity index (χ3v) is 4.97. The first-order chi connectivity index (χ1) is 8.74. The second kappa shape index (κ2) is 4.70.